The van der Waals surface area contributed by atoms with Crippen molar-refractivity contribution in [3.63, 3.8) is 0 Å². The molecule has 1 aromatic carbocycles. The maximum atomic E-state index is 12.3. The van der Waals surface area contributed by atoms with Gasteiger partial charge in [0.05, 0.1) is 0 Å². The van der Waals surface area contributed by atoms with Crippen LogP contribution in [0.2, 0.25) is 0 Å². The van der Waals surface area contributed by atoms with E-state index in [9.17, 15) is 9.59 Å². The highest BCUT2D eigenvalue weighted by atomic mass is 35.5. The van der Waals surface area contributed by atoms with Gasteiger partial charge in [-0.05, 0) is 18.4 Å². The van der Waals surface area contributed by atoms with Crippen LogP contribution in [0.4, 0.5) is 0 Å². The standard InChI is InChI=1S/C15H20Cl2N2O2/c16-8-4-10-18-14(20)13(12-6-2-1-3-7-12)15(21)19-11-5-9-17/h1-3,6-7,13H,4-5,8-11H2,(H,18,20)(H,19,21). The highest BCUT2D eigenvalue weighted by Crippen LogP contribution is 2.16. The van der Waals surface area contributed by atoms with E-state index in [1.165, 1.54) is 0 Å². The molecule has 0 unspecified atom stereocenters. The van der Waals surface area contributed by atoms with Gasteiger partial charge in [-0.3, -0.25) is 9.59 Å². The number of benzene rings is 1. The fraction of sp³-hybridized carbons (Fsp3) is 0.467. The van der Waals surface area contributed by atoms with Crippen molar-refractivity contribution in [2.24, 2.45) is 0 Å². The molecule has 2 amide bonds. The van der Waals surface area contributed by atoms with E-state index in [4.69, 9.17) is 23.2 Å². The summed E-state index contributed by atoms with van der Waals surface area (Å²) in [5, 5.41) is 5.49. The Kier molecular flexibility index (Phi) is 8.87. The second-order valence-corrected chi connectivity index (χ2v) is 5.27. The highest BCUT2D eigenvalue weighted by molar-refractivity contribution is 6.18. The predicted molar refractivity (Wildman–Crippen MR) is 85.9 cm³/mol. The second kappa shape index (κ2) is 10.5. The third kappa shape index (κ3) is 6.36. The first-order valence-electron chi connectivity index (χ1n) is 6.93. The van der Waals surface area contributed by atoms with E-state index in [0.29, 0.717) is 43.3 Å². The van der Waals surface area contributed by atoms with Crippen LogP contribution in [0.15, 0.2) is 30.3 Å². The van der Waals surface area contributed by atoms with E-state index in [1.54, 1.807) is 24.3 Å². The Labute approximate surface area is 135 Å². The summed E-state index contributed by atoms with van der Waals surface area (Å²) in [5.41, 5.74) is 0.671. The summed E-state index contributed by atoms with van der Waals surface area (Å²) >= 11 is 11.2. The van der Waals surface area contributed by atoms with E-state index in [2.05, 4.69) is 10.6 Å². The Morgan fingerprint density at radius 1 is 0.905 bits per heavy atom. The zero-order chi connectivity index (χ0) is 15.5. The van der Waals surface area contributed by atoms with Crippen LogP contribution >= 0.6 is 23.2 Å². The van der Waals surface area contributed by atoms with Gasteiger partial charge in [0.2, 0.25) is 11.8 Å². The van der Waals surface area contributed by atoms with Gasteiger partial charge in [0.25, 0.3) is 0 Å². The molecule has 2 N–H and O–H groups in total. The van der Waals surface area contributed by atoms with Gasteiger partial charge in [-0.2, -0.15) is 0 Å². The summed E-state index contributed by atoms with van der Waals surface area (Å²) in [4.78, 5) is 24.5. The average molecular weight is 331 g/mol. The molecule has 21 heavy (non-hydrogen) atoms. The summed E-state index contributed by atoms with van der Waals surface area (Å²) in [6, 6.07) is 9.00. The molecule has 0 spiro atoms. The lowest BCUT2D eigenvalue weighted by molar-refractivity contribution is -0.131. The van der Waals surface area contributed by atoms with Gasteiger partial charge in [-0.25, -0.2) is 0 Å². The van der Waals surface area contributed by atoms with Gasteiger partial charge < -0.3 is 10.6 Å². The third-order valence-electron chi connectivity index (χ3n) is 2.88. The number of alkyl halides is 2. The molecule has 1 rings (SSSR count). The number of amides is 2. The van der Waals surface area contributed by atoms with Gasteiger partial charge >= 0.3 is 0 Å². The molecule has 4 nitrogen and oxygen atoms in total. The minimum absolute atomic E-state index is 0.310. The molecule has 0 aliphatic rings. The molecule has 0 fully saturated rings. The molecule has 0 heterocycles. The fourth-order valence-electron chi connectivity index (χ4n) is 1.83. The molecular formula is C15H20Cl2N2O2. The Bertz CT molecular complexity index is 419. The molecular weight excluding hydrogens is 311 g/mol. The Hall–Kier alpha value is -1.26. The molecule has 0 bridgehead atoms. The number of rotatable bonds is 9. The van der Waals surface area contributed by atoms with Crippen molar-refractivity contribution in [1.82, 2.24) is 10.6 Å². The van der Waals surface area contributed by atoms with E-state index in [0.717, 1.165) is 0 Å². The largest absolute Gasteiger partial charge is 0.355 e. The Morgan fingerprint density at radius 2 is 1.38 bits per heavy atom. The first-order valence-corrected chi connectivity index (χ1v) is 8.00. The van der Waals surface area contributed by atoms with Crippen molar-refractivity contribution in [2.75, 3.05) is 24.8 Å². The van der Waals surface area contributed by atoms with Crippen molar-refractivity contribution in [1.29, 1.82) is 0 Å². The van der Waals surface area contributed by atoms with Crippen LogP contribution in [0.5, 0.6) is 0 Å². The molecule has 0 saturated carbocycles. The molecule has 116 valence electrons. The monoisotopic (exact) mass is 330 g/mol. The minimum atomic E-state index is -0.850. The first-order chi connectivity index (χ1) is 10.2. The smallest absolute Gasteiger partial charge is 0.237 e. The second-order valence-electron chi connectivity index (χ2n) is 4.51. The van der Waals surface area contributed by atoms with Crippen molar-refractivity contribution < 1.29 is 9.59 Å². The van der Waals surface area contributed by atoms with Crippen molar-refractivity contribution in [3.8, 4) is 0 Å². The molecule has 0 aliphatic heterocycles. The molecule has 0 radical (unpaired) electrons. The summed E-state index contributed by atoms with van der Waals surface area (Å²) in [6.45, 7) is 0.918. The predicted octanol–water partition coefficient (Wildman–Crippen LogP) is 2.26. The molecule has 6 heteroatoms. The van der Waals surface area contributed by atoms with Crippen molar-refractivity contribution in [2.45, 2.75) is 18.8 Å². The molecule has 0 atom stereocenters. The summed E-state index contributed by atoms with van der Waals surface area (Å²) in [7, 11) is 0. The zero-order valence-electron chi connectivity index (χ0n) is 11.8. The lowest BCUT2D eigenvalue weighted by Gasteiger charge is -2.17. The summed E-state index contributed by atoms with van der Waals surface area (Å²) in [5.74, 6) is -0.530. The number of hydrogen-bond acceptors (Lipinski definition) is 2. The van der Waals surface area contributed by atoms with Crippen LogP contribution in [-0.2, 0) is 9.59 Å². The average Bonchev–Trinajstić information content (AvgIpc) is 2.49. The van der Waals surface area contributed by atoms with Crippen LogP contribution in [-0.4, -0.2) is 36.7 Å². The third-order valence-corrected chi connectivity index (χ3v) is 3.41. The Balaban J connectivity index is 2.75. The lowest BCUT2D eigenvalue weighted by Crippen LogP contribution is -2.40. The fourth-order valence-corrected chi connectivity index (χ4v) is 2.10. The maximum absolute atomic E-state index is 12.3. The van der Waals surface area contributed by atoms with Gasteiger partial charge in [-0.15, -0.1) is 23.2 Å². The maximum Gasteiger partial charge on any atom is 0.237 e. The van der Waals surface area contributed by atoms with Gasteiger partial charge in [0, 0.05) is 24.8 Å². The van der Waals surface area contributed by atoms with Crippen LogP contribution in [0, 0.1) is 0 Å². The van der Waals surface area contributed by atoms with E-state index in [1.807, 2.05) is 6.07 Å². The lowest BCUT2D eigenvalue weighted by atomic mass is 9.97. The van der Waals surface area contributed by atoms with E-state index in [-0.39, 0.29) is 11.8 Å². The van der Waals surface area contributed by atoms with Crippen LogP contribution in [0.1, 0.15) is 24.3 Å². The summed E-state index contributed by atoms with van der Waals surface area (Å²) in [6.07, 6.45) is 1.34. The van der Waals surface area contributed by atoms with Crippen molar-refractivity contribution >= 4 is 35.0 Å². The number of hydrogen-bond donors (Lipinski definition) is 2. The number of nitrogens with one attached hydrogen (secondary N) is 2. The Morgan fingerprint density at radius 3 is 1.81 bits per heavy atom. The summed E-state index contributed by atoms with van der Waals surface area (Å²) < 4.78 is 0. The van der Waals surface area contributed by atoms with Gasteiger partial charge in [0.15, 0.2) is 0 Å². The van der Waals surface area contributed by atoms with Gasteiger partial charge in [0.1, 0.15) is 5.92 Å². The molecule has 0 aliphatic carbocycles. The zero-order valence-corrected chi connectivity index (χ0v) is 13.3. The van der Waals surface area contributed by atoms with Crippen LogP contribution < -0.4 is 10.6 Å². The number of carbonyl (C=O) groups excluding carboxylic acids is 2. The minimum Gasteiger partial charge on any atom is -0.355 e. The van der Waals surface area contributed by atoms with Crippen LogP contribution in [0.25, 0.3) is 0 Å². The highest BCUT2D eigenvalue weighted by Gasteiger charge is 2.27. The molecule has 0 saturated heterocycles. The SMILES string of the molecule is O=C(NCCCCl)C(C(=O)NCCCCl)c1ccccc1. The van der Waals surface area contributed by atoms with Crippen LogP contribution in [0.3, 0.4) is 0 Å². The van der Waals surface area contributed by atoms with E-state index < -0.39 is 5.92 Å². The molecule has 1 aromatic rings. The topological polar surface area (TPSA) is 58.2 Å². The molecule has 0 aromatic heterocycles. The van der Waals surface area contributed by atoms with Crippen molar-refractivity contribution in [3.05, 3.63) is 35.9 Å². The quantitative estimate of drug-likeness (QED) is 0.414. The number of halogens is 2. The first kappa shape index (κ1) is 17.8. The van der Waals surface area contributed by atoms with E-state index >= 15 is 0 Å². The van der Waals surface area contributed by atoms with Gasteiger partial charge in [-0.1, -0.05) is 30.3 Å². The normalized spacial score (nSPS) is 10.4. The number of carbonyl (C=O) groups is 2.